The highest BCUT2D eigenvalue weighted by atomic mass is 79.9. The number of nitrogens with zero attached hydrogens (tertiary/aromatic N) is 10. The molecule has 0 N–H and O–H groups in total. The number of fused-ring (bicyclic) bond motifs is 15. The molecule has 0 bridgehead atoms. The highest BCUT2D eigenvalue weighted by molar-refractivity contribution is 9.11. The van der Waals surface area contributed by atoms with Crippen LogP contribution in [0.5, 0.6) is 0 Å². The summed E-state index contributed by atoms with van der Waals surface area (Å²) in [6.07, 6.45) is 13.1. The van der Waals surface area contributed by atoms with Crippen molar-refractivity contribution in [3.8, 4) is 50.7 Å². The molecule has 15 heteroatoms. The van der Waals surface area contributed by atoms with Crippen LogP contribution < -0.4 is 0 Å². The van der Waals surface area contributed by atoms with Crippen LogP contribution in [0.1, 0.15) is 0 Å². The Labute approximate surface area is 686 Å². The van der Waals surface area contributed by atoms with Gasteiger partial charge in [-0.15, -0.1) is 0 Å². The van der Waals surface area contributed by atoms with Gasteiger partial charge in [-0.2, -0.15) is 0 Å². The van der Waals surface area contributed by atoms with E-state index in [2.05, 4.69) is 419 Å². The van der Waals surface area contributed by atoms with Gasteiger partial charge in [-0.3, -0.25) is 24.9 Å². The van der Waals surface area contributed by atoms with Gasteiger partial charge in [0.2, 0.25) is 0 Å². The van der Waals surface area contributed by atoms with Crippen molar-refractivity contribution in [1.29, 1.82) is 0 Å². The molecule has 0 unspecified atom stereocenters. The second-order valence-corrected chi connectivity index (χ2v) is 31.3. The molecular weight excluding hydrogens is 1700 g/mol. The monoisotopic (exact) mass is 1760 g/mol. The molecule has 12 aromatic carbocycles. The van der Waals surface area contributed by atoms with Crippen molar-refractivity contribution in [2.24, 2.45) is 0 Å². The third-order valence-electron chi connectivity index (χ3n) is 20.0. The van der Waals surface area contributed by atoms with Crippen molar-refractivity contribution in [3.63, 3.8) is 0 Å². The zero-order valence-electron chi connectivity index (χ0n) is 59.7. The molecule has 10 nitrogen and oxygen atoms in total. The van der Waals surface area contributed by atoms with Crippen molar-refractivity contribution in [2.45, 2.75) is 0 Å². The van der Waals surface area contributed by atoms with Crippen LogP contribution in [0.4, 0.5) is 0 Å². The van der Waals surface area contributed by atoms with E-state index < -0.39 is 0 Å². The molecule has 0 saturated heterocycles. The van der Waals surface area contributed by atoms with Crippen LogP contribution in [0.2, 0.25) is 0 Å². The van der Waals surface area contributed by atoms with Crippen molar-refractivity contribution >= 4 is 189 Å². The fraction of sp³-hybridized carbons (Fsp3) is 0. The first kappa shape index (κ1) is 71.4. The number of para-hydroxylation sites is 3. The van der Waals surface area contributed by atoms with E-state index in [1.807, 2.05) is 91.9 Å². The maximum atomic E-state index is 4.64. The Hall–Kier alpha value is -12.2. The number of halogens is 5. The van der Waals surface area contributed by atoms with E-state index in [4.69, 9.17) is 0 Å². The first-order valence-electron chi connectivity index (χ1n) is 36.4. The van der Waals surface area contributed by atoms with E-state index in [1.165, 1.54) is 76.9 Å². The van der Waals surface area contributed by atoms with Gasteiger partial charge in [-0.25, -0.2) is 0 Å². The Morgan fingerprint density at radius 3 is 0.938 bits per heavy atom. The average Bonchev–Trinajstić information content (AvgIpc) is 1.64. The molecule has 0 fully saturated rings. The van der Waals surface area contributed by atoms with Crippen LogP contribution >= 0.6 is 79.6 Å². The summed E-state index contributed by atoms with van der Waals surface area (Å²) >= 11 is 17.8. The average molecular weight is 1770 g/mol. The molecule has 0 spiro atoms. The molecular formula is C97H63Br5N10. The summed E-state index contributed by atoms with van der Waals surface area (Å²) < 4.78 is 16.7. The van der Waals surface area contributed by atoms with Gasteiger partial charge in [0, 0.05) is 126 Å². The third kappa shape index (κ3) is 14.0. The molecule has 0 aliphatic rings. The SMILES string of the molecule is Brc1ccc2c(c1)c1ccncc1n2-c1ccccc1.Brc1ccc2c(c1)c1cnccc1n2-c1ccccc1.Brc1ccc2c(c1)c1ncccc1n2-c1ccc(-c2ccccc2)cc1.Brc1ccc2c(c1)c1ncccc1n2-c1cccc(-c2ccccc2)c1.Brc1ccc2c(c1)c1ncccc1n2-c1ccccc1. The Morgan fingerprint density at radius 2 is 0.491 bits per heavy atom. The predicted octanol–water partition coefficient (Wildman–Crippen LogP) is 28.0. The topological polar surface area (TPSA) is 89.1 Å². The number of rotatable bonds is 7. The smallest absolute Gasteiger partial charge is 0.0963 e. The second-order valence-electron chi connectivity index (χ2n) is 26.7. The molecule has 0 radical (unpaired) electrons. The number of aromatic nitrogens is 10. The minimum absolute atomic E-state index is 1.02. The Kier molecular flexibility index (Phi) is 20.2. The highest BCUT2D eigenvalue weighted by Gasteiger charge is 2.19. The quantitative estimate of drug-likeness (QED) is 0.159. The molecule has 536 valence electrons. The lowest BCUT2D eigenvalue weighted by Crippen LogP contribution is -1.94. The van der Waals surface area contributed by atoms with Crippen molar-refractivity contribution in [2.75, 3.05) is 0 Å². The minimum atomic E-state index is 1.02. The van der Waals surface area contributed by atoms with Gasteiger partial charge in [-0.1, -0.05) is 219 Å². The lowest BCUT2D eigenvalue weighted by molar-refractivity contribution is 1.17. The first-order valence-corrected chi connectivity index (χ1v) is 40.3. The first-order chi connectivity index (χ1) is 55.1. The molecule has 0 saturated carbocycles. The van der Waals surface area contributed by atoms with E-state index >= 15 is 0 Å². The summed E-state index contributed by atoms with van der Waals surface area (Å²) in [5, 5.41) is 8.32. The molecule has 0 aliphatic carbocycles. The Morgan fingerprint density at radius 1 is 0.179 bits per heavy atom. The predicted molar refractivity (Wildman–Crippen MR) is 482 cm³/mol. The minimum Gasteiger partial charge on any atom is -0.309 e. The maximum Gasteiger partial charge on any atom is 0.0963 e. The van der Waals surface area contributed by atoms with E-state index in [-0.39, 0.29) is 0 Å². The van der Waals surface area contributed by atoms with Crippen LogP contribution in [0.15, 0.2) is 405 Å². The zero-order valence-corrected chi connectivity index (χ0v) is 67.7. The van der Waals surface area contributed by atoms with Gasteiger partial charge >= 0.3 is 0 Å². The summed E-state index contributed by atoms with van der Waals surface area (Å²) in [7, 11) is 0. The number of benzene rings is 12. The summed E-state index contributed by atoms with van der Waals surface area (Å²) in [5.74, 6) is 0. The van der Waals surface area contributed by atoms with Crippen LogP contribution in [0, 0.1) is 0 Å². The molecule has 10 aromatic heterocycles. The number of hydrogen-bond donors (Lipinski definition) is 0. The summed E-state index contributed by atoms with van der Waals surface area (Å²) in [6.45, 7) is 0. The highest BCUT2D eigenvalue weighted by Crippen LogP contribution is 2.40. The fourth-order valence-corrected chi connectivity index (χ4v) is 16.9. The van der Waals surface area contributed by atoms with Crippen molar-refractivity contribution in [3.05, 3.63) is 405 Å². The van der Waals surface area contributed by atoms with Gasteiger partial charge in [0.25, 0.3) is 0 Å². The van der Waals surface area contributed by atoms with Crippen LogP contribution in [-0.2, 0) is 0 Å². The molecule has 0 atom stereocenters. The lowest BCUT2D eigenvalue weighted by atomic mass is 10.1. The lowest BCUT2D eigenvalue weighted by Gasteiger charge is -2.10. The second kappa shape index (κ2) is 31.6. The van der Waals surface area contributed by atoms with E-state index in [9.17, 15) is 0 Å². The molecule has 112 heavy (non-hydrogen) atoms. The summed E-state index contributed by atoms with van der Waals surface area (Å²) in [5.41, 5.74) is 25.3. The third-order valence-corrected chi connectivity index (χ3v) is 22.5. The van der Waals surface area contributed by atoms with Crippen LogP contribution in [-0.4, -0.2) is 47.8 Å². The van der Waals surface area contributed by atoms with Crippen LogP contribution in [0.25, 0.3) is 160 Å². The van der Waals surface area contributed by atoms with Crippen LogP contribution in [0.3, 0.4) is 0 Å². The zero-order chi connectivity index (χ0) is 75.6. The summed E-state index contributed by atoms with van der Waals surface area (Å²) in [6, 6.07) is 118. The van der Waals surface area contributed by atoms with E-state index in [0.717, 1.165) is 106 Å². The largest absolute Gasteiger partial charge is 0.309 e. The van der Waals surface area contributed by atoms with Crippen molar-refractivity contribution < 1.29 is 0 Å². The molecule has 22 rings (SSSR count). The Balaban J connectivity index is 0.0000000983. The van der Waals surface area contributed by atoms with E-state index in [1.54, 1.807) is 0 Å². The normalized spacial score (nSPS) is 11.3. The standard InChI is InChI=1S/2C23H15BrN2.3C17H11BrN2/c24-18-11-12-21-20(15-18)23-22(10-5-13-25-23)26(21)19-9-4-8-17(14-19)16-6-2-1-3-7-16;24-18-10-13-21-20(15-18)23-22(7-4-14-25-23)26(21)19-11-8-17(9-12-19)16-5-2-1-3-6-16;18-12-8-9-15-14(11-12)17-16(7-4-10-19-17)20(15)13-5-2-1-3-6-13;18-12-6-7-16-14(10-12)15-11-19-9-8-17(15)20(16)13-4-2-1-3-5-13;18-12-6-7-16-15(10-12)14-8-9-19-11-17(14)20(16)13-4-2-1-3-5-13/h2*1-15H;3*1-11H. The fourth-order valence-electron chi connectivity index (χ4n) is 15.1. The van der Waals surface area contributed by atoms with Gasteiger partial charge < -0.3 is 22.8 Å². The summed E-state index contributed by atoms with van der Waals surface area (Å²) in [4.78, 5) is 22.4. The van der Waals surface area contributed by atoms with Gasteiger partial charge in [0.05, 0.1) is 77.9 Å². The molecule has 22 aromatic rings. The Bertz CT molecular complexity index is 6820. The maximum absolute atomic E-state index is 4.64. The number of pyridine rings is 5. The number of hydrogen-bond acceptors (Lipinski definition) is 5. The van der Waals surface area contributed by atoms with E-state index in [0.29, 0.717) is 0 Å². The van der Waals surface area contributed by atoms with Crippen molar-refractivity contribution in [1.82, 2.24) is 47.8 Å². The molecule has 0 aliphatic heterocycles. The van der Waals surface area contributed by atoms with Gasteiger partial charge in [0.1, 0.15) is 0 Å². The van der Waals surface area contributed by atoms with Gasteiger partial charge in [0.15, 0.2) is 0 Å². The molecule has 10 heterocycles. The molecule has 0 amide bonds. The van der Waals surface area contributed by atoms with Gasteiger partial charge in [-0.05, 0) is 222 Å².